The van der Waals surface area contributed by atoms with Crippen molar-refractivity contribution in [3.63, 3.8) is 0 Å². The van der Waals surface area contributed by atoms with Crippen LogP contribution in [0.1, 0.15) is 25.7 Å². The number of ether oxygens (including phenoxy) is 1. The van der Waals surface area contributed by atoms with Crippen molar-refractivity contribution >= 4 is 0 Å². The van der Waals surface area contributed by atoms with E-state index in [2.05, 4.69) is 15.1 Å². The smallest absolute Gasteiger partial charge is 0.0587 e. The Bertz CT molecular complexity index is 219. The van der Waals surface area contributed by atoms with Gasteiger partial charge in [0.25, 0.3) is 0 Å². The summed E-state index contributed by atoms with van der Waals surface area (Å²) in [6, 6.07) is 0.837. The fourth-order valence-corrected chi connectivity index (χ4v) is 3.13. The van der Waals surface area contributed by atoms with E-state index in [1.807, 2.05) is 0 Å². The number of nitrogens with one attached hydrogen (secondary N) is 1. The zero-order chi connectivity index (χ0) is 12.6. The highest BCUT2D eigenvalue weighted by Crippen LogP contribution is 2.19. The summed E-state index contributed by atoms with van der Waals surface area (Å²) in [6.45, 7) is 9.31. The van der Waals surface area contributed by atoms with E-state index in [0.717, 1.165) is 25.7 Å². The Balaban J connectivity index is 1.56. The highest BCUT2D eigenvalue weighted by atomic mass is 16.5. The summed E-state index contributed by atoms with van der Waals surface area (Å²) >= 11 is 0. The predicted molar refractivity (Wildman–Crippen MR) is 75.0 cm³/mol. The molecule has 0 amide bonds. The molecule has 2 fully saturated rings. The largest absolute Gasteiger partial charge is 0.383 e. The maximum absolute atomic E-state index is 5.03. The summed E-state index contributed by atoms with van der Waals surface area (Å²) in [6.07, 6.45) is 5.64. The van der Waals surface area contributed by atoms with E-state index in [-0.39, 0.29) is 0 Å². The third-order valence-corrected chi connectivity index (χ3v) is 4.24. The lowest BCUT2D eigenvalue weighted by Crippen LogP contribution is -2.41. The fourth-order valence-electron chi connectivity index (χ4n) is 3.13. The Morgan fingerprint density at radius 1 is 1.11 bits per heavy atom. The lowest BCUT2D eigenvalue weighted by atomic mass is 10.1. The Morgan fingerprint density at radius 3 is 2.72 bits per heavy atom. The van der Waals surface area contributed by atoms with E-state index in [9.17, 15) is 0 Å². The molecule has 0 radical (unpaired) electrons. The highest BCUT2D eigenvalue weighted by Gasteiger charge is 2.27. The van der Waals surface area contributed by atoms with Crippen molar-refractivity contribution in [2.45, 2.75) is 31.7 Å². The molecule has 0 saturated carbocycles. The number of likely N-dealkylation sites (tertiary alicyclic amines) is 2. The Hall–Kier alpha value is -0.160. The SMILES string of the molecule is COCCNCCN1CCC(N2CCCCC2)C1. The van der Waals surface area contributed by atoms with E-state index in [0.29, 0.717) is 0 Å². The van der Waals surface area contributed by atoms with Crippen LogP contribution in [0.3, 0.4) is 0 Å². The van der Waals surface area contributed by atoms with Crippen molar-refractivity contribution < 1.29 is 4.74 Å². The van der Waals surface area contributed by atoms with Crippen molar-refractivity contribution in [3.8, 4) is 0 Å². The van der Waals surface area contributed by atoms with Gasteiger partial charge in [0.05, 0.1) is 6.61 Å². The van der Waals surface area contributed by atoms with Crippen LogP contribution >= 0.6 is 0 Å². The molecule has 2 rings (SSSR count). The Labute approximate surface area is 112 Å². The van der Waals surface area contributed by atoms with E-state index in [1.165, 1.54) is 58.4 Å². The summed E-state index contributed by atoms with van der Waals surface area (Å²) in [5.41, 5.74) is 0. The first-order valence-corrected chi connectivity index (χ1v) is 7.56. The van der Waals surface area contributed by atoms with E-state index >= 15 is 0 Å². The molecule has 18 heavy (non-hydrogen) atoms. The third kappa shape index (κ3) is 4.50. The van der Waals surface area contributed by atoms with Crippen LogP contribution in [-0.4, -0.2) is 75.4 Å². The molecule has 4 nitrogen and oxygen atoms in total. The number of nitrogens with zero attached hydrogens (tertiary/aromatic N) is 2. The van der Waals surface area contributed by atoms with Gasteiger partial charge in [-0.25, -0.2) is 0 Å². The third-order valence-electron chi connectivity index (χ3n) is 4.24. The molecule has 2 saturated heterocycles. The van der Waals surface area contributed by atoms with Crippen LogP contribution in [0, 0.1) is 0 Å². The second kappa shape index (κ2) is 8.10. The molecule has 1 N–H and O–H groups in total. The first-order valence-electron chi connectivity index (χ1n) is 7.56. The lowest BCUT2D eigenvalue weighted by Gasteiger charge is -2.32. The average molecular weight is 255 g/mol. The summed E-state index contributed by atoms with van der Waals surface area (Å²) in [5, 5.41) is 3.43. The van der Waals surface area contributed by atoms with Gasteiger partial charge < -0.3 is 15.0 Å². The van der Waals surface area contributed by atoms with Gasteiger partial charge in [-0.3, -0.25) is 4.90 Å². The van der Waals surface area contributed by atoms with E-state index in [1.54, 1.807) is 7.11 Å². The van der Waals surface area contributed by atoms with Crippen molar-refractivity contribution in [2.75, 3.05) is 59.5 Å². The van der Waals surface area contributed by atoms with Crippen molar-refractivity contribution in [2.24, 2.45) is 0 Å². The van der Waals surface area contributed by atoms with Crippen molar-refractivity contribution in [1.29, 1.82) is 0 Å². The molecule has 1 atom stereocenters. The van der Waals surface area contributed by atoms with Crippen LogP contribution < -0.4 is 5.32 Å². The van der Waals surface area contributed by atoms with Gasteiger partial charge in [0.1, 0.15) is 0 Å². The summed E-state index contributed by atoms with van der Waals surface area (Å²) < 4.78 is 5.03. The predicted octanol–water partition coefficient (Wildman–Crippen LogP) is 0.783. The number of methoxy groups -OCH3 is 1. The van der Waals surface area contributed by atoms with Crippen LogP contribution in [-0.2, 0) is 4.74 Å². The number of hydrogen-bond donors (Lipinski definition) is 1. The van der Waals surface area contributed by atoms with Crippen molar-refractivity contribution in [1.82, 2.24) is 15.1 Å². The minimum Gasteiger partial charge on any atom is -0.383 e. The molecule has 0 aromatic heterocycles. The molecule has 2 heterocycles. The molecule has 0 aromatic rings. The maximum Gasteiger partial charge on any atom is 0.0587 e. The lowest BCUT2D eigenvalue weighted by molar-refractivity contribution is 0.162. The first kappa shape index (κ1) is 14.3. The van der Waals surface area contributed by atoms with Gasteiger partial charge in [-0.05, 0) is 38.9 Å². The number of hydrogen-bond acceptors (Lipinski definition) is 4. The van der Waals surface area contributed by atoms with Gasteiger partial charge in [0.15, 0.2) is 0 Å². The summed E-state index contributed by atoms with van der Waals surface area (Å²) in [5.74, 6) is 0. The normalized spacial score (nSPS) is 26.8. The monoisotopic (exact) mass is 255 g/mol. The maximum atomic E-state index is 5.03. The zero-order valence-electron chi connectivity index (χ0n) is 11.9. The van der Waals surface area contributed by atoms with Gasteiger partial charge in [-0.15, -0.1) is 0 Å². The number of piperidine rings is 1. The second-order valence-electron chi connectivity index (χ2n) is 5.58. The fraction of sp³-hybridized carbons (Fsp3) is 1.00. The van der Waals surface area contributed by atoms with Gasteiger partial charge in [0.2, 0.25) is 0 Å². The topological polar surface area (TPSA) is 27.7 Å². The van der Waals surface area contributed by atoms with Crippen LogP contribution in [0.25, 0.3) is 0 Å². The minimum atomic E-state index is 0.816. The molecule has 4 heteroatoms. The Kier molecular flexibility index (Phi) is 6.41. The molecule has 1 unspecified atom stereocenters. The molecule has 2 aliphatic rings. The quantitative estimate of drug-likeness (QED) is 0.681. The van der Waals surface area contributed by atoms with Gasteiger partial charge in [-0.2, -0.15) is 0 Å². The number of rotatable bonds is 7. The Morgan fingerprint density at radius 2 is 1.94 bits per heavy atom. The van der Waals surface area contributed by atoms with Gasteiger partial charge in [0, 0.05) is 39.3 Å². The average Bonchev–Trinajstić information content (AvgIpc) is 2.88. The molecule has 0 aromatic carbocycles. The van der Waals surface area contributed by atoms with Crippen LogP contribution in [0.2, 0.25) is 0 Å². The molecule has 0 spiro atoms. The standard InChI is InChI=1S/C14H29N3O/c1-18-12-7-15-6-11-16-10-5-14(13-16)17-8-3-2-4-9-17/h14-15H,2-13H2,1H3. The second-order valence-corrected chi connectivity index (χ2v) is 5.58. The molecule has 0 aliphatic carbocycles. The summed E-state index contributed by atoms with van der Waals surface area (Å²) in [7, 11) is 1.76. The summed E-state index contributed by atoms with van der Waals surface area (Å²) in [4.78, 5) is 5.33. The molecule has 2 aliphatic heterocycles. The first-order chi connectivity index (χ1) is 8.90. The van der Waals surface area contributed by atoms with Crippen LogP contribution in [0.4, 0.5) is 0 Å². The zero-order valence-corrected chi connectivity index (χ0v) is 11.9. The molecule has 106 valence electrons. The molecule has 0 bridgehead atoms. The van der Waals surface area contributed by atoms with E-state index in [4.69, 9.17) is 4.74 Å². The van der Waals surface area contributed by atoms with Gasteiger partial charge in [-0.1, -0.05) is 6.42 Å². The van der Waals surface area contributed by atoms with Crippen LogP contribution in [0.15, 0.2) is 0 Å². The van der Waals surface area contributed by atoms with E-state index < -0.39 is 0 Å². The molecular formula is C14H29N3O. The van der Waals surface area contributed by atoms with Crippen LogP contribution in [0.5, 0.6) is 0 Å². The van der Waals surface area contributed by atoms with Crippen molar-refractivity contribution in [3.05, 3.63) is 0 Å². The highest BCUT2D eigenvalue weighted by molar-refractivity contribution is 4.84. The molecular weight excluding hydrogens is 226 g/mol. The minimum absolute atomic E-state index is 0.816. The van der Waals surface area contributed by atoms with Gasteiger partial charge >= 0.3 is 0 Å².